The van der Waals surface area contributed by atoms with Crippen LogP contribution in [0.1, 0.15) is 25.3 Å². The second-order valence-corrected chi connectivity index (χ2v) is 7.07. The van der Waals surface area contributed by atoms with Gasteiger partial charge in [0, 0.05) is 12.6 Å². The van der Waals surface area contributed by atoms with Gasteiger partial charge in [0.25, 0.3) is 0 Å². The van der Waals surface area contributed by atoms with E-state index < -0.39 is 10.0 Å². The summed E-state index contributed by atoms with van der Waals surface area (Å²) in [6, 6.07) is 8.22. The number of hydrogen-bond acceptors (Lipinski definition) is 4. The molecule has 0 bridgehead atoms. The van der Waals surface area contributed by atoms with Crippen LogP contribution in [-0.4, -0.2) is 31.9 Å². The minimum absolute atomic E-state index is 0.0606. The van der Waals surface area contributed by atoms with Crippen molar-refractivity contribution in [2.45, 2.75) is 30.7 Å². The molecule has 1 saturated heterocycles. The van der Waals surface area contributed by atoms with Crippen molar-refractivity contribution in [1.29, 1.82) is 5.26 Å². The highest BCUT2D eigenvalue weighted by atomic mass is 32.2. The van der Waals surface area contributed by atoms with Gasteiger partial charge in [-0.05, 0) is 44.4 Å². The summed E-state index contributed by atoms with van der Waals surface area (Å²) in [4.78, 5) is 0.0898. The highest BCUT2D eigenvalue weighted by Crippen LogP contribution is 2.28. The standard InChI is InChI=1S/C14H19N3O2S/c1-11-6-7-12(8-15)10-17(11)20(18,19)14-5-3-2-4-13(14)9-16/h2-5,11-12H,6-8,10,15H2,1H3. The van der Waals surface area contributed by atoms with Gasteiger partial charge in [-0.15, -0.1) is 0 Å². The zero-order chi connectivity index (χ0) is 14.8. The van der Waals surface area contributed by atoms with E-state index in [-0.39, 0.29) is 22.4 Å². The Kier molecular flexibility index (Phi) is 4.43. The Bertz CT molecular complexity index is 622. The van der Waals surface area contributed by atoms with Crippen molar-refractivity contribution in [3.8, 4) is 6.07 Å². The van der Waals surface area contributed by atoms with E-state index in [0.717, 1.165) is 12.8 Å². The molecule has 1 heterocycles. The lowest BCUT2D eigenvalue weighted by molar-refractivity contribution is 0.211. The Morgan fingerprint density at radius 2 is 2.10 bits per heavy atom. The molecule has 5 nitrogen and oxygen atoms in total. The number of benzene rings is 1. The average Bonchev–Trinajstić information content (AvgIpc) is 2.47. The van der Waals surface area contributed by atoms with Crippen LogP contribution in [0.2, 0.25) is 0 Å². The summed E-state index contributed by atoms with van der Waals surface area (Å²) < 4.78 is 27.0. The first-order chi connectivity index (χ1) is 9.50. The van der Waals surface area contributed by atoms with Crippen molar-refractivity contribution in [3.63, 3.8) is 0 Å². The second kappa shape index (κ2) is 5.92. The number of nitriles is 1. The van der Waals surface area contributed by atoms with E-state index in [2.05, 4.69) is 0 Å². The highest BCUT2D eigenvalue weighted by Gasteiger charge is 2.35. The molecule has 1 aromatic carbocycles. The van der Waals surface area contributed by atoms with E-state index in [0.29, 0.717) is 13.1 Å². The molecule has 0 amide bonds. The Morgan fingerprint density at radius 1 is 1.40 bits per heavy atom. The number of hydrogen-bond donors (Lipinski definition) is 1. The summed E-state index contributed by atoms with van der Waals surface area (Å²) in [5.74, 6) is 0.190. The predicted molar refractivity (Wildman–Crippen MR) is 76.3 cm³/mol. The maximum atomic E-state index is 12.8. The highest BCUT2D eigenvalue weighted by molar-refractivity contribution is 7.89. The maximum absolute atomic E-state index is 12.8. The molecule has 1 aromatic rings. The average molecular weight is 293 g/mol. The fraction of sp³-hybridized carbons (Fsp3) is 0.500. The molecule has 1 aliphatic rings. The molecular weight excluding hydrogens is 274 g/mol. The first kappa shape index (κ1) is 15.0. The maximum Gasteiger partial charge on any atom is 0.244 e. The van der Waals surface area contributed by atoms with Crippen molar-refractivity contribution in [3.05, 3.63) is 29.8 Å². The largest absolute Gasteiger partial charge is 0.330 e. The topological polar surface area (TPSA) is 87.2 Å². The molecule has 0 aromatic heterocycles. The third kappa shape index (κ3) is 2.70. The van der Waals surface area contributed by atoms with Crippen LogP contribution in [0.25, 0.3) is 0 Å². The molecule has 0 aliphatic carbocycles. The fourth-order valence-electron chi connectivity index (χ4n) is 2.58. The molecule has 108 valence electrons. The molecule has 2 unspecified atom stereocenters. The third-order valence-corrected chi connectivity index (χ3v) is 5.89. The van der Waals surface area contributed by atoms with Gasteiger partial charge in [0.1, 0.15) is 6.07 Å². The molecule has 2 rings (SSSR count). The van der Waals surface area contributed by atoms with Gasteiger partial charge < -0.3 is 5.73 Å². The predicted octanol–water partition coefficient (Wildman–Crippen LogP) is 1.31. The minimum atomic E-state index is -3.64. The Balaban J connectivity index is 2.41. The zero-order valence-corrected chi connectivity index (χ0v) is 12.3. The van der Waals surface area contributed by atoms with Crippen LogP contribution in [0.4, 0.5) is 0 Å². The van der Waals surface area contributed by atoms with Crippen molar-refractivity contribution in [2.24, 2.45) is 11.7 Å². The molecule has 2 atom stereocenters. The Morgan fingerprint density at radius 3 is 2.75 bits per heavy atom. The van der Waals surface area contributed by atoms with Crippen LogP contribution in [0, 0.1) is 17.2 Å². The first-order valence-electron chi connectivity index (χ1n) is 6.71. The smallest absolute Gasteiger partial charge is 0.244 e. The van der Waals surface area contributed by atoms with E-state index in [1.54, 1.807) is 12.1 Å². The monoisotopic (exact) mass is 293 g/mol. The van der Waals surface area contributed by atoms with Gasteiger partial charge in [-0.1, -0.05) is 12.1 Å². The number of nitrogens with zero attached hydrogens (tertiary/aromatic N) is 2. The summed E-state index contributed by atoms with van der Waals surface area (Å²) >= 11 is 0. The number of sulfonamides is 1. The molecule has 2 N–H and O–H groups in total. The lowest BCUT2D eigenvalue weighted by atomic mass is 9.96. The van der Waals surface area contributed by atoms with E-state index in [4.69, 9.17) is 11.0 Å². The van der Waals surface area contributed by atoms with Crippen LogP contribution >= 0.6 is 0 Å². The number of rotatable bonds is 3. The van der Waals surface area contributed by atoms with Gasteiger partial charge in [-0.25, -0.2) is 8.42 Å². The van der Waals surface area contributed by atoms with Gasteiger partial charge in [0.2, 0.25) is 10.0 Å². The molecule has 20 heavy (non-hydrogen) atoms. The van der Waals surface area contributed by atoms with Gasteiger partial charge in [0.15, 0.2) is 0 Å². The molecule has 0 spiro atoms. The van der Waals surface area contributed by atoms with E-state index in [1.165, 1.54) is 16.4 Å². The summed E-state index contributed by atoms with van der Waals surface area (Å²) in [6.07, 6.45) is 1.75. The Hall–Kier alpha value is -1.42. The number of nitrogens with two attached hydrogens (primary N) is 1. The van der Waals surface area contributed by atoms with Crippen molar-refractivity contribution >= 4 is 10.0 Å². The third-order valence-electron chi connectivity index (χ3n) is 3.85. The summed E-state index contributed by atoms with van der Waals surface area (Å²) in [5.41, 5.74) is 5.86. The molecule has 6 heteroatoms. The fourth-order valence-corrected chi connectivity index (χ4v) is 4.47. The van der Waals surface area contributed by atoms with E-state index in [9.17, 15) is 8.42 Å². The van der Waals surface area contributed by atoms with Crippen molar-refractivity contribution in [2.75, 3.05) is 13.1 Å². The lowest BCUT2D eigenvalue weighted by Gasteiger charge is -2.36. The summed E-state index contributed by atoms with van der Waals surface area (Å²) in [6.45, 7) is 2.82. The molecule has 1 aliphatic heterocycles. The van der Waals surface area contributed by atoms with Crippen LogP contribution in [-0.2, 0) is 10.0 Å². The SMILES string of the molecule is CC1CCC(CN)CN1S(=O)(=O)c1ccccc1C#N. The van der Waals surface area contributed by atoms with Crippen LogP contribution in [0.15, 0.2) is 29.2 Å². The Labute approximate surface area is 120 Å². The number of piperidine rings is 1. The van der Waals surface area contributed by atoms with Crippen molar-refractivity contribution in [1.82, 2.24) is 4.31 Å². The van der Waals surface area contributed by atoms with E-state index >= 15 is 0 Å². The summed E-state index contributed by atoms with van der Waals surface area (Å²) in [7, 11) is -3.64. The lowest BCUT2D eigenvalue weighted by Crippen LogP contribution is -2.47. The molecule has 0 radical (unpaired) electrons. The van der Waals surface area contributed by atoms with Gasteiger partial charge >= 0.3 is 0 Å². The molecular formula is C14H19N3O2S. The van der Waals surface area contributed by atoms with Crippen LogP contribution in [0.5, 0.6) is 0 Å². The van der Waals surface area contributed by atoms with Gasteiger partial charge in [-0.2, -0.15) is 9.57 Å². The second-order valence-electron chi connectivity index (χ2n) is 5.21. The van der Waals surface area contributed by atoms with Gasteiger partial charge in [0.05, 0.1) is 10.5 Å². The van der Waals surface area contributed by atoms with Crippen molar-refractivity contribution < 1.29 is 8.42 Å². The van der Waals surface area contributed by atoms with Crippen LogP contribution in [0.3, 0.4) is 0 Å². The van der Waals surface area contributed by atoms with Crippen LogP contribution < -0.4 is 5.73 Å². The quantitative estimate of drug-likeness (QED) is 0.910. The van der Waals surface area contributed by atoms with E-state index in [1.807, 2.05) is 13.0 Å². The first-order valence-corrected chi connectivity index (χ1v) is 8.15. The molecule has 0 saturated carbocycles. The normalized spacial score (nSPS) is 24.2. The zero-order valence-electron chi connectivity index (χ0n) is 11.5. The summed E-state index contributed by atoms with van der Waals surface area (Å²) in [5, 5.41) is 9.09. The minimum Gasteiger partial charge on any atom is -0.330 e. The van der Waals surface area contributed by atoms with Gasteiger partial charge in [-0.3, -0.25) is 0 Å². The molecule has 1 fully saturated rings.